The molecule has 0 bridgehead atoms. The Hall–Kier alpha value is -1.26. The molecule has 0 aliphatic carbocycles. The van der Waals surface area contributed by atoms with Crippen LogP contribution in [0.1, 0.15) is 5.56 Å². The Balaban J connectivity index is 2.34. The number of benzene rings is 1. The highest BCUT2D eigenvalue weighted by Crippen LogP contribution is 2.10. The third-order valence-electron chi connectivity index (χ3n) is 1.65. The SMILES string of the molecule is O=C(Cl)OCOC(=O)Cc1ccc(Cl)cc1. The molecule has 0 atom stereocenters. The van der Waals surface area contributed by atoms with Crippen molar-refractivity contribution in [1.29, 1.82) is 0 Å². The summed E-state index contributed by atoms with van der Waals surface area (Å²) in [7, 11) is 0. The van der Waals surface area contributed by atoms with Crippen LogP contribution in [0, 0.1) is 0 Å². The second-order valence-electron chi connectivity index (χ2n) is 2.82. The standard InChI is InChI=1S/C10H8Cl2O4/c11-8-3-1-7(2-4-8)5-9(13)15-6-16-10(12)14/h1-4H,5-6H2. The van der Waals surface area contributed by atoms with E-state index in [1.54, 1.807) is 24.3 Å². The van der Waals surface area contributed by atoms with Crippen LogP contribution in [0.25, 0.3) is 0 Å². The molecule has 0 saturated carbocycles. The third-order valence-corrected chi connectivity index (χ3v) is 2.02. The first-order valence-electron chi connectivity index (χ1n) is 4.30. The van der Waals surface area contributed by atoms with Crippen molar-refractivity contribution in [3.05, 3.63) is 34.9 Å². The fourth-order valence-electron chi connectivity index (χ4n) is 0.961. The maximum atomic E-state index is 11.2. The van der Waals surface area contributed by atoms with E-state index in [4.69, 9.17) is 23.2 Å². The summed E-state index contributed by atoms with van der Waals surface area (Å²) in [6.07, 6.45) is 0.0804. The number of carbonyl (C=O) groups excluding carboxylic acids is 2. The summed E-state index contributed by atoms with van der Waals surface area (Å²) >= 11 is 10.6. The minimum absolute atomic E-state index is 0.0804. The van der Waals surface area contributed by atoms with Crippen LogP contribution >= 0.6 is 23.2 Å². The van der Waals surface area contributed by atoms with Gasteiger partial charge in [0, 0.05) is 16.6 Å². The second kappa shape index (κ2) is 6.35. The molecule has 0 heterocycles. The van der Waals surface area contributed by atoms with Crippen molar-refractivity contribution in [3.63, 3.8) is 0 Å². The Bertz CT molecular complexity index is 375. The predicted molar refractivity (Wildman–Crippen MR) is 58.4 cm³/mol. The molecule has 1 aromatic rings. The van der Waals surface area contributed by atoms with Crippen molar-refractivity contribution in [1.82, 2.24) is 0 Å². The Kier molecular flexibility index (Phi) is 5.08. The van der Waals surface area contributed by atoms with E-state index in [0.717, 1.165) is 5.56 Å². The molecule has 0 unspecified atom stereocenters. The second-order valence-corrected chi connectivity index (χ2v) is 3.56. The summed E-state index contributed by atoms with van der Waals surface area (Å²) in [5.41, 5.74) is -0.258. The van der Waals surface area contributed by atoms with Crippen LogP contribution < -0.4 is 0 Å². The topological polar surface area (TPSA) is 52.6 Å². The Morgan fingerprint density at radius 3 is 2.31 bits per heavy atom. The van der Waals surface area contributed by atoms with E-state index in [-0.39, 0.29) is 6.42 Å². The summed E-state index contributed by atoms with van der Waals surface area (Å²) in [4.78, 5) is 21.3. The van der Waals surface area contributed by atoms with E-state index in [0.29, 0.717) is 5.02 Å². The highest BCUT2D eigenvalue weighted by atomic mass is 35.5. The zero-order chi connectivity index (χ0) is 12.0. The average molecular weight is 263 g/mol. The van der Waals surface area contributed by atoms with Gasteiger partial charge < -0.3 is 9.47 Å². The maximum Gasteiger partial charge on any atom is 0.406 e. The molecule has 0 saturated heterocycles. The number of halogens is 2. The largest absolute Gasteiger partial charge is 0.428 e. The first-order valence-corrected chi connectivity index (χ1v) is 5.06. The zero-order valence-electron chi connectivity index (χ0n) is 8.11. The fraction of sp³-hybridized carbons (Fsp3) is 0.200. The number of carbonyl (C=O) groups is 2. The van der Waals surface area contributed by atoms with Crippen molar-refractivity contribution < 1.29 is 19.1 Å². The number of ether oxygens (including phenoxy) is 2. The van der Waals surface area contributed by atoms with Gasteiger partial charge in [0.2, 0.25) is 6.79 Å². The number of esters is 1. The fourth-order valence-corrected chi connectivity index (χ4v) is 1.13. The molecule has 0 fully saturated rings. The van der Waals surface area contributed by atoms with Gasteiger partial charge in [-0.05, 0) is 17.7 Å². The smallest absolute Gasteiger partial charge is 0.406 e. The summed E-state index contributed by atoms with van der Waals surface area (Å²) in [5, 5.41) is 0.591. The third kappa shape index (κ3) is 5.00. The van der Waals surface area contributed by atoms with E-state index in [1.807, 2.05) is 0 Å². The lowest BCUT2D eigenvalue weighted by Crippen LogP contribution is -2.11. The first kappa shape index (κ1) is 12.8. The van der Waals surface area contributed by atoms with Gasteiger partial charge in [0.15, 0.2) is 0 Å². The number of hydrogen-bond donors (Lipinski definition) is 0. The van der Waals surface area contributed by atoms with E-state index >= 15 is 0 Å². The monoisotopic (exact) mass is 262 g/mol. The molecular formula is C10H8Cl2O4. The minimum atomic E-state index is -1.01. The normalized spacial score (nSPS) is 9.62. The van der Waals surface area contributed by atoms with Crippen LogP contribution in [-0.4, -0.2) is 18.2 Å². The van der Waals surface area contributed by atoms with Crippen LogP contribution in [0.15, 0.2) is 24.3 Å². The van der Waals surface area contributed by atoms with Crippen molar-refractivity contribution in [2.75, 3.05) is 6.79 Å². The molecule has 0 radical (unpaired) electrons. The summed E-state index contributed by atoms with van der Waals surface area (Å²) in [5.74, 6) is -0.514. The van der Waals surface area contributed by atoms with Crippen molar-refractivity contribution in [3.8, 4) is 0 Å². The van der Waals surface area contributed by atoms with Gasteiger partial charge >= 0.3 is 11.4 Å². The molecule has 0 spiro atoms. The van der Waals surface area contributed by atoms with E-state index in [9.17, 15) is 9.59 Å². The Morgan fingerprint density at radius 2 is 1.75 bits per heavy atom. The van der Waals surface area contributed by atoms with E-state index in [2.05, 4.69) is 9.47 Å². The Labute approximate surface area is 102 Å². The molecule has 0 aliphatic heterocycles. The molecule has 16 heavy (non-hydrogen) atoms. The van der Waals surface area contributed by atoms with Gasteiger partial charge in [-0.2, -0.15) is 0 Å². The molecule has 86 valence electrons. The molecule has 4 nitrogen and oxygen atoms in total. The lowest BCUT2D eigenvalue weighted by Gasteiger charge is -2.03. The summed E-state index contributed by atoms with van der Waals surface area (Å²) in [6, 6.07) is 6.75. The summed E-state index contributed by atoms with van der Waals surface area (Å²) in [6.45, 7) is -0.477. The Morgan fingerprint density at radius 1 is 1.12 bits per heavy atom. The van der Waals surface area contributed by atoms with Crippen LogP contribution in [0.5, 0.6) is 0 Å². The molecule has 0 aliphatic rings. The maximum absolute atomic E-state index is 11.2. The van der Waals surface area contributed by atoms with Gasteiger partial charge in [0.1, 0.15) is 0 Å². The lowest BCUT2D eigenvalue weighted by molar-refractivity contribution is -0.150. The number of hydrogen-bond acceptors (Lipinski definition) is 4. The molecule has 0 N–H and O–H groups in total. The van der Waals surface area contributed by atoms with Gasteiger partial charge in [0.05, 0.1) is 6.42 Å². The van der Waals surface area contributed by atoms with Crippen molar-refractivity contribution >= 4 is 34.6 Å². The van der Waals surface area contributed by atoms with Crippen molar-refractivity contribution in [2.45, 2.75) is 6.42 Å². The van der Waals surface area contributed by atoms with Crippen LogP contribution in [0.2, 0.25) is 5.02 Å². The van der Waals surface area contributed by atoms with Gasteiger partial charge in [-0.3, -0.25) is 4.79 Å². The molecular weight excluding hydrogens is 255 g/mol. The van der Waals surface area contributed by atoms with Crippen molar-refractivity contribution in [2.24, 2.45) is 0 Å². The van der Waals surface area contributed by atoms with Gasteiger partial charge in [-0.1, -0.05) is 23.7 Å². The molecule has 1 aromatic carbocycles. The highest BCUT2D eigenvalue weighted by molar-refractivity contribution is 6.61. The zero-order valence-corrected chi connectivity index (χ0v) is 9.62. The van der Waals surface area contributed by atoms with E-state index in [1.165, 1.54) is 0 Å². The quantitative estimate of drug-likeness (QED) is 0.476. The van der Waals surface area contributed by atoms with Gasteiger partial charge in [-0.15, -0.1) is 0 Å². The predicted octanol–water partition coefficient (Wildman–Crippen LogP) is 2.76. The molecule has 0 aromatic heterocycles. The minimum Gasteiger partial charge on any atom is -0.428 e. The van der Waals surface area contributed by atoms with Crippen LogP contribution in [0.4, 0.5) is 4.79 Å². The lowest BCUT2D eigenvalue weighted by atomic mass is 10.2. The highest BCUT2D eigenvalue weighted by Gasteiger charge is 2.05. The molecule has 6 heteroatoms. The molecule has 1 rings (SSSR count). The van der Waals surface area contributed by atoms with Gasteiger partial charge in [0.25, 0.3) is 0 Å². The first-order chi connectivity index (χ1) is 7.58. The van der Waals surface area contributed by atoms with Gasteiger partial charge in [-0.25, -0.2) is 4.79 Å². The average Bonchev–Trinajstić information content (AvgIpc) is 2.21. The van der Waals surface area contributed by atoms with Crippen LogP contribution in [0.3, 0.4) is 0 Å². The van der Waals surface area contributed by atoms with E-state index < -0.39 is 18.2 Å². The number of rotatable bonds is 4. The molecule has 0 amide bonds. The summed E-state index contributed by atoms with van der Waals surface area (Å²) < 4.78 is 8.82. The van der Waals surface area contributed by atoms with Crippen LogP contribution in [-0.2, 0) is 20.7 Å².